The third kappa shape index (κ3) is 5.29. The molecule has 2 aromatic carbocycles. The Balaban J connectivity index is 1.93. The van der Waals surface area contributed by atoms with E-state index in [-0.39, 0.29) is 27.5 Å². The van der Waals surface area contributed by atoms with E-state index in [9.17, 15) is 13.2 Å². The van der Waals surface area contributed by atoms with Crippen molar-refractivity contribution in [2.45, 2.75) is 39.3 Å². The summed E-state index contributed by atoms with van der Waals surface area (Å²) in [5.74, 6) is 0.0803. The Morgan fingerprint density at radius 3 is 2.20 bits per heavy atom. The molecule has 8 heteroatoms. The number of sulfone groups is 1. The van der Waals surface area contributed by atoms with Gasteiger partial charge in [0.15, 0.2) is 15.6 Å². The number of rotatable bonds is 7. The minimum atomic E-state index is -3.16. The number of aryl methyl sites for hydroxylation is 1. The first-order valence-electron chi connectivity index (χ1n) is 9.95. The Morgan fingerprint density at radius 2 is 1.70 bits per heavy atom. The van der Waals surface area contributed by atoms with Crippen molar-refractivity contribution >= 4 is 38.9 Å². The number of nitrogens with zero attached hydrogens (tertiary/aromatic N) is 1. The Labute approximate surface area is 187 Å². The predicted octanol–water partition coefficient (Wildman–Crippen LogP) is 4.78. The third-order valence-electron chi connectivity index (χ3n) is 5.23. The van der Waals surface area contributed by atoms with Crippen molar-refractivity contribution in [1.82, 2.24) is 4.90 Å². The first-order valence-corrected chi connectivity index (χ1v) is 12.5. The maximum atomic E-state index is 13.4. The fourth-order valence-corrected chi connectivity index (χ4v) is 5.92. The van der Waals surface area contributed by atoms with E-state index < -0.39 is 15.9 Å². The monoisotopic (exact) mass is 469 g/mol. The molecule has 5 nitrogen and oxygen atoms in total. The summed E-state index contributed by atoms with van der Waals surface area (Å²) >= 11 is 12.6. The van der Waals surface area contributed by atoms with Crippen molar-refractivity contribution < 1.29 is 17.9 Å². The van der Waals surface area contributed by atoms with Gasteiger partial charge < -0.3 is 9.64 Å². The summed E-state index contributed by atoms with van der Waals surface area (Å²) in [6.07, 6.45) is 1.34. The average Bonchev–Trinajstić information content (AvgIpc) is 3.08. The molecule has 1 aliphatic rings. The third-order valence-corrected chi connectivity index (χ3v) is 7.54. The molecular formula is C22H25Cl2NO4S. The smallest absolute Gasteiger partial charge is 0.254 e. The molecule has 30 heavy (non-hydrogen) atoms. The van der Waals surface area contributed by atoms with E-state index in [0.717, 1.165) is 12.0 Å². The zero-order valence-electron chi connectivity index (χ0n) is 17.0. The molecule has 1 heterocycles. The normalized spacial score (nSPS) is 17.7. The van der Waals surface area contributed by atoms with Crippen LogP contribution < -0.4 is 4.74 Å². The van der Waals surface area contributed by atoms with Gasteiger partial charge in [0.2, 0.25) is 0 Å². The Morgan fingerprint density at radius 1 is 1.10 bits per heavy atom. The lowest BCUT2D eigenvalue weighted by Gasteiger charge is -2.29. The van der Waals surface area contributed by atoms with Crippen LogP contribution in [0.2, 0.25) is 10.0 Å². The zero-order chi connectivity index (χ0) is 21.9. The maximum absolute atomic E-state index is 13.4. The van der Waals surface area contributed by atoms with Crippen molar-refractivity contribution in [3.63, 3.8) is 0 Å². The summed E-state index contributed by atoms with van der Waals surface area (Å²) < 4.78 is 29.6. The number of amides is 1. The molecule has 0 saturated carbocycles. The molecule has 0 unspecified atom stereocenters. The molecule has 1 atom stereocenters. The zero-order valence-corrected chi connectivity index (χ0v) is 19.4. The van der Waals surface area contributed by atoms with Crippen molar-refractivity contribution in [3.8, 4) is 5.75 Å². The van der Waals surface area contributed by atoms with Gasteiger partial charge >= 0.3 is 0 Å². The van der Waals surface area contributed by atoms with Gasteiger partial charge in [0.05, 0.1) is 28.2 Å². The summed E-state index contributed by atoms with van der Waals surface area (Å²) in [6.45, 7) is 4.60. The van der Waals surface area contributed by atoms with Gasteiger partial charge in [0, 0.05) is 18.2 Å². The molecule has 162 valence electrons. The molecule has 0 N–H and O–H groups in total. The Hall–Kier alpha value is -1.76. The molecule has 0 aromatic heterocycles. The lowest BCUT2D eigenvalue weighted by Crippen LogP contribution is -2.40. The lowest BCUT2D eigenvalue weighted by atomic mass is 10.1. The second kappa shape index (κ2) is 9.58. The van der Waals surface area contributed by atoms with Crippen molar-refractivity contribution in [2.24, 2.45) is 0 Å². The number of carbonyl (C=O) groups is 1. The van der Waals surface area contributed by atoms with Gasteiger partial charge in [-0.2, -0.15) is 0 Å². The second-order valence-corrected chi connectivity index (χ2v) is 10.4. The predicted molar refractivity (Wildman–Crippen MR) is 120 cm³/mol. The van der Waals surface area contributed by atoms with Crippen LogP contribution in [0.15, 0.2) is 36.4 Å². The van der Waals surface area contributed by atoms with E-state index in [1.807, 2.05) is 31.2 Å². The number of hydrogen-bond acceptors (Lipinski definition) is 4. The van der Waals surface area contributed by atoms with Gasteiger partial charge in [0.25, 0.3) is 5.91 Å². The lowest BCUT2D eigenvalue weighted by molar-refractivity contribution is 0.0681. The van der Waals surface area contributed by atoms with Crippen LogP contribution in [-0.2, 0) is 22.8 Å². The van der Waals surface area contributed by atoms with E-state index in [1.54, 1.807) is 4.90 Å². The van der Waals surface area contributed by atoms with Gasteiger partial charge in [-0.25, -0.2) is 8.42 Å². The quantitative estimate of drug-likeness (QED) is 0.584. The topological polar surface area (TPSA) is 63.7 Å². The Kier molecular flexibility index (Phi) is 7.32. The van der Waals surface area contributed by atoms with Crippen LogP contribution in [0.25, 0.3) is 0 Å². The van der Waals surface area contributed by atoms with E-state index in [2.05, 4.69) is 6.92 Å². The van der Waals surface area contributed by atoms with E-state index >= 15 is 0 Å². The highest BCUT2D eigenvalue weighted by atomic mass is 35.5. The summed E-state index contributed by atoms with van der Waals surface area (Å²) in [4.78, 5) is 15.0. The molecule has 1 amide bonds. The van der Waals surface area contributed by atoms with E-state index in [1.165, 1.54) is 17.7 Å². The molecule has 0 spiro atoms. The molecule has 0 aliphatic carbocycles. The van der Waals surface area contributed by atoms with E-state index in [0.29, 0.717) is 30.9 Å². The van der Waals surface area contributed by atoms with Gasteiger partial charge in [-0.15, -0.1) is 0 Å². The second-order valence-electron chi connectivity index (χ2n) is 7.36. The van der Waals surface area contributed by atoms with Gasteiger partial charge in [0.1, 0.15) is 0 Å². The Bertz CT molecular complexity index is 999. The maximum Gasteiger partial charge on any atom is 0.254 e. The highest BCUT2D eigenvalue weighted by Crippen LogP contribution is 2.35. The van der Waals surface area contributed by atoms with Gasteiger partial charge in [-0.1, -0.05) is 54.4 Å². The molecule has 1 fully saturated rings. The van der Waals surface area contributed by atoms with Crippen molar-refractivity contribution in [1.29, 1.82) is 0 Å². The summed E-state index contributed by atoms with van der Waals surface area (Å²) in [7, 11) is -3.16. The fraction of sp³-hybridized carbons (Fsp3) is 0.409. The number of halogens is 2. The molecular weight excluding hydrogens is 445 g/mol. The largest absolute Gasteiger partial charge is 0.491 e. The highest BCUT2D eigenvalue weighted by Gasteiger charge is 2.35. The number of benzene rings is 2. The summed E-state index contributed by atoms with van der Waals surface area (Å²) in [6, 6.07) is 10.6. The first kappa shape index (κ1) is 22.9. The van der Waals surface area contributed by atoms with E-state index in [4.69, 9.17) is 27.9 Å². The van der Waals surface area contributed by atoms with Crippen LogP contribution >= 0.6 is 23.2 Å². The van der Waals surface area contributed by atoms with Crippen molar-refractivity contribution in [3.05, 3.63) is 63.1 Å². The summed E-state index contributed by atoms with van der Waals surface area (Å²) in [5.41, 5.74) is 2.45. The van der Waals surface area contributed by atoms with Crippen LogP contribution in [0.5, 0.6) is 5.75 Å². The number of ether oxygens (including phenoxy) is 1. The average molecular weight is 470 g/mol. The van der Waals surface area contributed by atoms with Crippen LogP contribution in [0, 0.1) is 0 Å². The standard InChI is InChI=1S/C22H25Cl2NO4S/c1-3-15-5-7-16(8-6-15)13-25(18-9-10-30(27,28)14-18)22(26)17-11-19(23)21(29-4-2)20(24)12-17/h5-8,11-12,18H,3-4,9-10,13-14H2,1-2H3/t18-/m0/s1. The number of hydrogen-bond donors (Lipinski definition) is 0. The van der Waals surface area contributed by atoms with Crippen LogP contribution in [0.4, 0.5) is 0 Å². The van der Waals surface area contributed by atoms with Crippen LogP contribution in [0.3, 0.4) is 0 Å². The fourth-order valence-electron chi connectivity index (χ4n) is 3.60. The van der Waals surface area contributed by atoms with Gasteiger partial charge in [-0.3, -0.25) is 4.79 Å². The van der Waals surface area contributed by atoms with Crippen LogP contribution in [0.1, 0.15) is 41.8 Å². The number of carbonyl (C=O) groups excluding carboxylic acids is 1. The van der Waals surface area contributed by atoms with Crippen LogP contribution in [-0.4, -0.2) is 43.4 Å². The van der Waals surface area contributed by atoms with Gasteiger partial charge in [-0.05, 0) is 43.0 Å². The molecule has 2 aromatic rings. The SMILES string of the molecule is CCOc1c(Cl)cc(C(=O)N(Cc2ccc(CC)cc2)[C@H]2CCS(=O)(=O)C2)cc1Cl. The molecule has 0 bridgehead atoms. The molecule has 0 radical (unpaired) electrons. The molecule has 1 aliphatic heterocycles. The summed E-state index contributed by atoms with van der Waals surface area (Å²) in [5, 5.41) is 0.498. The minimum Gasteiger partial charge on any atom is -0.491 e. The molecule has 1 saturated heterocycles. The minimum absolute atomic E-state index is 0.0374. The van der Waals surface area contributed by atoms with Crippen molar-refractivity contribution in [2.75, 3.05) is 18.1 Å². The first-order chi connectivity index (χ1) is 14.2. The highest BCUT2D eigenvalue weighted by molar-refractivity contribution is 7.91. The molecule has 3 rings (SSSR count).